The van der Waals surface area contributed by atoms with Crippen LogP contribution in [-0.4, -0.2) is 28.8 Å². The van der Waals surface area contributed by atoms with Crippen LogP contribution in [0.15, 0.2) is 21.9 Å². The van der Waals surface area contributed by atoms with Gasteiger partial charge in [0.15, 0.2) is 6.17 Å². The molecule has 0 radical (unpaired) electrons. The summed E-state index contributed by atoms with van der Waals surface area (Å²) in [6.45, 7) is 1.66. The number of hydrogen-bond acceptors (Lipinski definition) is 6. The Morgan fingerprint density at radius 3 is 2.72 bits per heavy atom. The van der Waals surface area contributed by atoms with Gasteiger partial charge in [0.1, 0.15) is 6.73 Å². The van der Waals surface area contributed by atoms with E-state index in [0.717, 1.165) is 10.6 Å². The second kappa shape index (κ2) is 6.12. The highest BCUT2D eigenvalue weighted by molar-refractivity contribution is 5.73. The van der Waals surface area contributed by atoms with Crippen molar-refractivity contribution in [2.45, 2.75) is 19.8 Å². The number of carbonyl (C=O) groups excluding carboxylic acids is 1. The number of rotatable bonds is 5. The molecular formula is C10H15N3O5. The fraction of sp³-hybridized carbons (Fsp3) is 0.500. The topological polar surface area (TPSA) is 106 Å². The summed E-state index contributed by atoms with van der Waals surface area (Å²) in [6, 6.07) is 1.12. The van der Waals surface area contributed by atoms with Crippen LogP contribution in [0.2, 0.25) is 0 Å². The van der Waals surface area contributed by atoms with Gasteiger partial charge in [-0.05, 0) is 6.92 Å². The lowest BCUT2D eigenvalue weighted by Crippen LogP contribution is -2.47. The lowest BCUT2D eigenvalue weighted by atomic mass is 10.4. The molecule has 0 aliphatic carbocycles. The Hall–Kier alpha value is -1.93. The average Bonchev–Trinajstić information content (AvgIpc) is 2.33. The van der Waals surface area contributed by atoms with Gasteiger partial charge in [0.25, 0.3) is 5.56 Å². The second-order valence-electron chi connectivity index (χ2n) is 3.39. The number of nitrogens with zero attached hydrogens (tertiary/aromatic N) is 2. The molecule has 1 heterocycles. The summed E-state index contributed by atoms with van der Waals surface area (Å²) in [4.78, 5) is 34.9. The first-order valence-corrected chi connectivity index (χ1v) is 5.26. The van der Waals surface area contributed by atoms with Gasteiger partial charge in [-0.1, -0.05) is 0 Å². The molecule has 0 saturated heterocycles. The van der Waals surface area contributed by atoms with E-state index in [-0.39, 0.29) is 13.3 Å². The summed E-state index contributed by atoms with van der Waals surface area (Å²) < 4.78 is 11.2. The molecule has 0 bridgehead atoms. The summed E-state index contributed by atoms with van der Waals surface area (Å²) in [7, 11) is 1.40. The number of esters is 1. The van der Waals surface area contributed by atoms with E-state index >= 15 is 0 Å². The van der Waals surface area contributed by atoms with Crippen LogP contribution >= 0.6 is 0 Å². The molecule has 1 atom stereocenters. The number of aromatic nitrogens is 2. The predicted octanol–water partition coefficient (Wildman–Crippen LogP) is -1.37. The van der Waals surface area contributed by atoms with Crippen LogP contribution in [0.25, 0.3) is 0 Å². The van der Waals surface area contributed by atoms with Gasteiger partial charge in [0.05, 0.1) is 6.61 Å². The number of carbonyl (C=O) groups is 1. The van der Waals surface area contributed by atoms with E-state index in [4.69, 9.17) is 10.5 Å². The van der Waals surface area contributed by atoms with Crippen LogP contribution in [0, 0.1) is 0 Å². The summed E-state index contributed by atoms with van der Waals surface area (Å²) in [5.41, 5.74) is 4.12. The van der Waals surface area contributed by atoms with E-state index in [1.165, 1.54) is 13.3 Å². The normalized spacial score (nSPS) is 12.2. The molecule has 0 aliphatic rings. The first kappa shape index (κ1) is 14.1. The van der Waals surface area contributed by atoms with E-state index in [1.807, 2.05) is 0 Å². The monoisotopic (exact) mass is 257 g/mol. The average molecular weight is 257 g/mol. The predicted molar refractivity (Wildman–Crippen MR) is 61.8 cm³/mol. The third kappa shape index (κ3) is 2.84. The van der Waals surface area contributed by atoms with E-state index in [2.05, 4.69) is 4.74 Å². The van der Waals surface area contributed by atoms with E-state index in [0.29, 0.717) is 4.57 Å². The first-order chi connectivity index (χ1) is 8.52. The van der Waals surface area contributed by atoms with Gasteiger partial charge < -0.3 is 15.2 Å². The highest BCUT2D eigenvalue weighted by atomic mass is 16.5. The molecule has 0 amide bonds. The molecule has 1 aromatic heterocycles. The molecule has 8 nitrogen and oxygen atoms in total. The van der Waals surface area contributed by atoms with Gasteiger partial charge in [-0.2, -0.15) is 0 Å². The Kier molecular flexibility index (Phi) is 4.81. The van der Waals surface area contributed by atoms with Crippen molar-refractivity contribution in [2.75, 3.05) is 13.7 Å². The SMILES string of the molecule is CCOC(=O)[C@@H](N)n1c(=O)ccn(COC)c1=O. The van der Waals surface area contributed by atoms with Crippen molar-refractivity contribution < 1.29 is 14.3 Å². The third-order valence-electron chi connectivity index (χ3n) is 2.16. The summed E-state index contributed by atoms with van der Waals surface area (Å²) >= 11 is 0. The zero-order valence-electron chi connectivity index (χ0n) is 10.2. The van der Waals surface area contributed by atoms with Crippen molar-refractivity contribution >= 4 is 5.97 Å². The van der Waals surface area contributed by atoms with Crippen molar-refractivity contribution in [1.82, 2.24) is 9.13 Å². The zero-order valence-corrected chi connectivity index (χ0v) is 10.2. The number of hydrogen-bond donors (Lipinski definition) is 1. The largest absolute Gasteiger partial charge is 0.463 e. The molecule has 8 heteroatoms. The Balaban J connectivity index is 3.23. The number of methoxy groups -OCH3 is 1. The molecule has 0 saturated carbocycles. The molecule has 18 heavy (non-hydrogen) atoms. The van der Waals surface area contributed by atoms with Crippen molar-refractivity contribution in [2.24, 2.45) is 5.73 Å². The number of nitrogens with two attached hydrogens (primary N) is 1. The van der Waals surface area contributed by atoms with Gasteiger partial charge in [-0.25, -0.2) is 14.2 Å². The van der Waals surface area contributed by atoms with Crippen LogP contribution < -0.4 is 17.0 Å². The zero-order chi connectivity index (χ0) is 13.7. The lowest BCUT2D eigenvalue weighted by Gasteiger charge is -2.14. The fourth-order valence-electron chi connectivity index (χ4n) is 1.36. The maximum absolute atomic E-state index is 11.9. The molecule has 0 unspecified atom stereocenters. The van der Waals surface area contributed by atoms with Crippen LogP contribution in [0.3, 0.4) is 0 Å². The Bertz CT molecular complexity index is 533. The minimum absolute atomic E-state index is 0.0470. The highest BCUT2D eigenvalue weighted by Gasteiger charge is 2.21. The Morgan fingerprint density at radius 1 is 1.50 bits per heavy atom. The lowest BCUT2D eigenvalue weighted by molar-refractivity contribution is -0.147. The highest BCUT2D eigenvalue weighted by Crippen LogP contribution is 1.95. The standard InChI is InChI=1S/C10H15N3O5/c1-3-18-9(15)8(11)13-7(14)4-5-12(6-17-2)10(13)16/h4-5,8H,3,6,11H2,1-2H3/t8-/m0/s1. The van der Waals surface area contributed by atoms with Crippen molar-refractivity contribution in [3.8, 4) is 0 Å². The quantitative estimate of drug-likeness (QED) is 0.653. The van der Waals surface area contributed by atoms with Gasteiger partial charge >= 0.3 is 11.7 Å². The number of ether oxygens (including phenoxy) is 2. The smallest absolute Gasteiger partial charge is 0.344 e. The van der Waals surface area contributed by atoms with Gasteiger partial charge in [0.2, 0.25) is 0 Å². The third-order valence-corrected chi connectivity index (χ3v) is 2.16. The van der Waals surface area contributed by atoms with Crippen LogP contribution in [0.1, 0.15) is 13.1 Å². The van der Waals surface area contributed by atoms with E-state index < -0.39 is 23.4 Å². The van der Waals surface area contributed by atoms with E-state index in [1.54, 1.807) is 6.92 Å². The molecular weight excluding hydrogens is 242 g/mol. The maximum Gasteiger partial charge on any atom is 0.344 e. The van der Waals surface area contributed by atoms with E-state index in [9.17, 15) is 14.4 Å². The molecule has 100 valence electrons. The van der Waals surface area contributed by atoms with Crippen molar-refractivity contribution in [3.05, 3.63) is 33.1 Å². The van der Waals surface area contributed by atoms with Crippen LogP contribution in [-0.2, 0) is 21.0 Å². The Labute approximate surface area is 103 Å². The summed E-state index contributed by atoms with van der Waals surface area (Å²) in [5.74, 6) is -0.841. The second-order valence-corrected chi connectivity index (χ2v) is 3.39. The van der Waals surface area contributed by atoms with Crippen molar-refractivity contribution in [1.29, 1.82) is 0 Å². The maximum atomic E-state index is 11.9. The summed E-state index contributed by atoms with van der Waals surface area (Å²) in [5, 5.41) is 0. The molecule has 0 aliphatic heterocycles. The molecule has 2 N–H and O–H groups in total. The van der Waals surface area contributed by atoms with Crippen molar-refractivity contribution in [3.63, 3.8) is 0 Å². The first-order valence-electron chi connectivity index (χ1n) is 5.26. The minimum atomic E-state index is -1.46. The molecule has 1 rings (SSSR count). The van der Waals surface area contributed by atoms with Crippen LogP contribution in [0.4, 0.5) is 0 Å². The molecule has 0 fully saturated rings. The van der Waals surface area contributed by atoms with Gasteiger partial charge in [-0.15, -0.1) is 0 Å². The molecule has 0 spiro atoms. The van der Waals surface area contributed by atoms with Gasteiger partial charge in [0, 0.05) is 19.4 Å². The Morgan fingerprint density at radius 2 is 2.17 bits per heavy atom. The minimum Gasteiger partial charge on any atom is -0.463 e. The molecule has 0 aromatic carbocycles. The molecule has 1 aromatic rings. The van der Waals surface area contributed by atoms with Crippen LogP contribution in [0.5, 0.6) is 0 Å². The van der Waals surface area contributed by atoms with Gasteiger partial charge in [-0.3, -0.25) is 9.36 Å². The summed E-state index contributed by atoms with van der Waals surface area (Å²) in [6.07, 6.45) is -0.197. The fourth-order valence-corrected chi connectivity index (χ4v) is 1.36.